The Morgan fingerprint density at radius 1 is 0.767 bits per heavy atom. The summed E-state index contributed by atoms with van der Waals surface area (Å²) in [6.07, 6.45) is 8.89. The van der Waals surface area contributed by atoms with Gasteiger partial charge in [-0.3, -0.25) is 4.90 Å². The summed E-state index contributed by atoms with van der Waals surface area (Å²) in [7, 11) is 5.79. The number of rotatable bonds is 0. The van der Waals surface area contributed by atoms with Gasteiger partial charge in [0, 0.05) is 32.6 Å². The van der Waals surface area contributed by atoms with Gasteiger partial charge in [0.25, 0.3) is 5.92 Å². The van der Waals surface area contributed by atoms with E-state index in [1.54, 1.807) is 18.0 Å². The molecule has 0 N–H and O–H groups in total. The summed E-state index contributed by atoms with van der Waals surface area (Å²) < 4.78 is 37.1. The van der Waals surface area contributed by atoms with Crippen LogP contribution in [0.2, 0.25) is 0 Å². The predicted octanol–water partition coefficient (Wildman–Crippen LogP) is 6.48. The molecule has 3 heterocycles. The van der Waals surface area contributed by atoms with Crippen molar-refractivity contribution < 1.29 is 13.2 Å². The number of halogens is 3. The molecule has 3 aliphatic rings. The lowest BCUT2D eigenvalue weighted by molar-refractivity contribution is -0.0571. The summed E-state index contributed by atoms with van der Waals surface area (Å²) >= 11 is 0. The number of alkyl halides is 2. The van der Waals surface area contributed by atoms with Crippen molar-refractivity contribution in [3.05, 3.63) is 24.1 Å². The number of nitrogens with zero attached hydrogens (tertiary/aromatic N) is 3. The quantitative estimate of drug-likeness (QED) is 0.402. The molecule has 30 heavy (non-hydrogen) atoms. The van der Waals surface area contributed by atoms with E-state index in [4.69, 9.17) is 0 Å². The van der Waals surface area contributed by atoms with Gasteiger partial charge in [-0.1, -0.05) is 59.8 Å². The average molecular weight is 438 g/mol. The minimum atomic E-state index is -2.42. The lowest BCUT2D eigenvalue weighted by Gasteiger charge is -2.28. The summed E-state index contributed by atoms with van der Waals surface area (Å²) in [5, 5.41) is 0. The molecule has 1 saturated heterocycles. The Labute approximate surface area is 186 Å². The van der Waals surface area contributed by atoms with Gasteiger partial charge >= 0.3 is 0 Å². The third-order valence-corrected chi connectivity index (χ3v) is 4.14. The zero-order valence-corrected chi connectivity index (χ0v) is 21.3. The van der Waals surface area contributed by atoms with Crippen LogP contribution < -0.4 is 0 Å². The van der Waals surface area contributed by atoms with Gasteiger partial charge in [-0.2, -0.15) is 0 Å². The number of likely N-dealkylation sites (N-methyl/N-ethyl adjacent to an activating group) is 2. The topological polar surface area (TPSA) is 9.72 Å². The molecule has 0 aromatic carbocycles. The van der Waals surface area contributed by atoms with Crippen molar-refractivity contribution in [2.24, 2.45) is 0 Å². The fraction of sp³-hybridized carbons (Fsp3) is 0.833. The van der Waals surface area contributed by atoms with Crippen LogP contribution in [0.4, 0.5) is 13.2 Å². The molecule has 182 valence electrons. The highest BCUT2D eigenvalue weighted by Gasteiger charge is 2.33. The molecule has 3 aliphatic heterocycles. The summed E-state index contributed by atoms with van der Waals surface area (Å²) in [6.45, 7) is 16.6. The molecule has 0 spiro atoms. The van der Waals surface area contributed by atoms with E-state index in [2.05, 4.69) is 24.1 Å². The summed E-state index contributed by atoms with van der Waals surface area (Å²) in [5.41, 5.74) is 0. The van der Waals surface area contributed by atoms with Crippen LogP contribution in [0.1, 0.15) is 67.2 Å². The Balaban J connectivity index is -0.000000325. The van der Waals surface area contributed by atoms with Gasteiger partial charge in [0.1, 0.15) is 5.83 Å². The molecule has 0 atom stereocenters. The van der Waals surface area contributed by atoms with Crippen LogP contribution in [0.3, 0.4) is 0 Å². The van der Waals surface area contributed by atoms with Gasteiger partial charge in [-0.15, -0.1) is 0 Å². The van der Waals surface area contributed by atoms with Crippen molar-refractivity contribution in [2.75, 3.05) is 60.4 Å². The second kappa shape index (κ2) is 22.8. The monoisotopic (exact) mass is 437 g/mol. The standard InChI is InChI=1S/C6H11F2N.C6H10FN.C6H11N.3C2H6/c1-9-4-2-3-6(7,8)5-9;1-8-4-2-3-6(7)5-8;1-7-5-3-2-4-6-7;3*1-2/h2-5H2,1H3;3H,2,4-5H2,1H3;2-3H,4-6H2,1H3;3*1-2H3. The molecule has 0 bridgehead atoms. The van der Waals surface area contributed by atoms with Crippen molar-refractivity contribution >= 4 is 0 Å². The first-order valence-electron chi connectivity index (χ1n) is 11.7. The number of hydrogen-bond acceptors (Lipinski definition) is 3. The third kappa shape index (κ3) is 21.8. The number of piperidine rings is 1. The van der Waals surface area contributed by atoms with Gasteiger partial charge in [0.15, 0.2) is 0 Å². The zero-order valence-electron chi connectivity index (χ0n) is 21.3. The Bertz CT molecular complexity index is 413. The van der Waals surface area contributed by atoms with Crippen LogP contribution in [-0.4, -0.2) is 81.0 Å². The molecule has 0 aliphatic carbocycles. The Hall–Kier alpha value is -0.850. The van der Waals surface area contributed by atoms with Crippen LogP contribution in [-0.2, 0) is 0 Å². The minimum absolute atomic E-state index is 0.0127. The molecular weight excluding hydrogens is 387 g/mol. The van der Waals surface area contributed by atoms with Crippen molar-refractivity contribution in [2.45, 2.75) is 73.1 Å². The maximum absolute atomic E-state index is 12.4. The van der Waals surface area contributed by atoms with Crippen molar-refractivity contribution in [1.29, 1.82) is 0 Å². The highest BCUT2D eigenvalue weighted by molar-refractivity contribution is 4.98. The summed E-state index contributed by atoms with van der Waals surface area (Å²) in [4.78, 5) is 5.94. The van der Waals surface area contributed by atoms with Gasteiger partial charge in [-0.05, 0) is 47.0 Å². The second-order valence-corrected chi connectivity index (χ2v) is 6.90. The molecule has 0 aromatic rings. The van der Waals surface area contributed by atoms with E-state index >= 15 is 0 Å². The van der Waals surface area contributed by atoms with Gasteiger partial charge in [0.2, 0.25) is 0 Å². The maximum Gasteiger partial charge on any atom is 0.260 e. The lowest BCUT2D eigenvalue weighted by atomic mass is 10.1. The van der Waals surface area contributed by atoms with Crippen LogP contribution in [0.5, 0.6) is 0 Å². The molecule has 3 rings (SSSR count). The fourth-order valence-electron chi connectivity index (χ4n) is 2.76. The van der Waals surface area contributed by atoms with Crippen molar-refractivity contribution in [1.82, 2.24) is 14.7 Å². The average Bonchev–Trinajstić information content (AvgIpc) is 2.73. The van der Waals surface area contributed by atoms with E-state index in [1.165, 1.54) is 13.0 Å². The van der Waals surface area contributed by atoms with Crippen LogP contribution in [0, 0.1) is 0 Å². The number of likely N-dealkylation sites (tertiary alicyclic amines) is 1. The van der Waals surface area contributed by atoms with Crippen molar-refractivity contribution in [3.63, 3.8) is 0 Å². The normalized spacial score (nSPS) is 20.6. The Morgan fingerprint density at radius 3 is 1.60 bits per heavy atom. The molecule has 1 fully saturated rings. The van der Waals surface area contributed by atoms with Gasteiger partial charge in [0.05, 0.1) is 6.54 Å². The molecule has 0 aromatic heterocycles. The van der Waals surface area contributed by atoms with E-state index in [9.17, 15) is 13.2 Å². The lowest BCUT2D eigenvalue weighted by Crippen LogP contribution is -2.39. The summed E-state index contributed by atoms with van der Waals surface area (Å²) in [6, 6.07) is 0. The van der Waals surface area contributed by atoms with E-state index in [0.717, 1.165) is 26.1 Å². The molecular formula is C24H50F3N3. The van der Waals surface area contributed by atoms with Crippen molar-refractivity contribution in [3.8, 4) is 0 Å². The molecule has 0 radical (unpaired) electrons. The predicted molar refractivity (Wildman–Crippen MR) is 128 cm³/mol. The maximum atomic E-state index is 12.4. The minimum Gasteiger partial charge on any atom is -0.302 e. The number of hydrogen-bond donors (Lipinski definition) is 0. The van der Waals surface area contributed by atoms with Gasteiger partial charge < -0.3 is 9.80 Å². The smallest absolute Gasteiger partial charge is 0.260 e. The van der Waals surface area contributed by atoms with E-state index in [-0.39, 0.29) is 18.8 Å². The Morgan fingerprint density at radius 2 is 1.33 bits per heavy atom. The first-order valence-corrected chi connectivity index (χ1v) is 11.7. The first-order chi connectivity index (χ1) is 14.3. The molecule has 0 amide bonds. The third-order valence-electron chi connectivity index (χ3n) is 4.14. The fourth-order valence-corrected chi connectivity index (χ4v) is 2.76. The first kappa shape index (κ1) is 33.8. The largest absolute Gasteiger partial charge is 0.302 e. The second-order valence-electron chi connectivity index (χ2n) is 6.90. The molecule has 0 unspecified atom stereocenters. The van der Waals surface area contributed by atoms with Gasteiger partial charge in [-0.25, -0.2) is 13.2 Å². The van der Waals surface area contributed by atoms with Crippen LogP contribution in [0.25, 0.3) is 0 Å². The van der Waals surface area contributed by atoms with Crippen LogP contribution in [0.15, 0.2) is 24.1 Å². The molecule has 0 saturated carbocycles. The van der Waals surface area contributed by atoms with E-state index in [0.29, 0.717) is 13.0 Å². The zero-order chi connectivity index (χ0) is 24.0. The van der Waals surface area contributed by atoms with E-state index in [1.807, 2.05) is 53.5 Å². The Kier molecular flexibility index (Phi) is 25.7. The SMILES string of the molecule is CC.CC.CC.CN1CC=CCC1.CN1CCC=C(F)C1.CN1CCCC(F)(F)C1. The highest BCUT2D eigenvalue weighted by atomic mass is 19.3. The molecule has 3 nitrogen and oxygen atoms in total. The highest BCUT2D eigenvalue weighted by Crippen LogP contribution is 2.25. The van der Waals surface area contributed by atoms with E-state index < -0.39 is 5.92 Å². The summed E-state index contributed by atoms with van der Waals surface area (Å²) in [5.74, 6) is -2.41. The molecule has 6 heteroatoms. The van der Waals surface area contributed by atoms with Crippen LogP contribution >= 0.6 is 0 Å².